The van der Waals surface area contributed by atoms with Crippen LogP contribution < -0.4 is 0 Å². The molecule has 1 atom stereocenters. The molecule has 0 aromatic heterocycles. The zero-order chi connectivity index (χ0) is 8.72. The Morgan fingerprint density at radius 3 is 2.92 bits per heavy atom. The maximum Gasteiger partial charge on any atom is 0.127 e. The van der Waals surface area contributed by atoms with Gasteiger partial charge in [-0.2, -0.15) is 0 Å². The van der Waals surface area contributed by atoms with Crippen LogP contribution in [0.3, 0.4) is 0 Å². The highest BCUT2D eigenvalue weighted by atomic mass is 79.9. The fourth-order valence-electron chi connectivity index (χ4n) is 1.63. The summed E-state index contributed by atoms with van der Waals surface area (Å²) in [7, 11) is 0. The van der Waals surface area contributed by atoms with E-state index in [0.29, 0.717) is 18.4 Å². The van der Waals surface area contributed by atoms with E-state index >= 15 is 0 Å². The monoisotopic (exact) mass is 230 g/mol. The maximum atomic E-state index is 13.2. The van der Waals surface area contributed by atoms with E-state index in [4.69, 9.17) is 0 Å². The minimum Gasteiger partial charge on any atom is -0.392 e. The lowest BCUT2D eigenvalue weighted by atomic mass is 10.1. The van der Waals surface area contributed by atoms with Crippen molar-refractivity contribution in [1.29, 1.82) is 0 Å². The van der Waals surface area contributed by atoms with Gasteiger partial charge < -0.3 is 5.11 Å². The molecule has 0 heterocycles. The van der Waals surface area contributed by atoms with Crippen LogP contribution in [0, 0.1) is 5.82 Å². The second-order valence-corrected chi connectivity index (χ2v) is 4.00. The average Bonchev–Trinajstić information content (AvgIpc) is 2.29. The van der Waals surface area contributed by atoms with Crippen LogP contribution in [0.5, 0.6) is 0 Å². The van der Waals surface area contributed by atoms with E-state index in [1.165, 1.54) is 6.07 Å². The van der Waals surface area contributed by atoms with Crippen LogP contribution in [-0.2, 0) is 12.8 Å². The van der Waals surface area contributed by atoms with Crippen LogP contribution in [0.1, 0.15) is 11.1 Å². The molecule has 0 fully saturated rings. The third kappa shape index (κ3) is 1.27. The molecule has 1 aliphatic carbocycles. The summed E-state index contributed by atoms with van der Waals surface area (Å²) < 4.78 is 13.9. The molecular weight excluding hydrogens is 223 g/mol. The molecule has 1 aliphatic rings. The van der Waals surface area contributed by atoms with Gasteiger partial charge in [-0.15, -0.1) is 0 Å². The molecule has 0 bridgehead atoms. The van der Waals surface area contributed by atoms with Gasteiger partial charge in [-0.1, -0.05) is 15.9 Å². The normalized spacial score (nSPS) is 21.1. The predicted octanol–water partition coefficient (Wildman–Crippen LogP) is 2.05. The SMILES string of the molecule is OC1Cc2cc(Br)cc(F)c2C1. The summed E-state index contributed by atoms with van der Waals surface area (Å²) in [6.45, 7) is 0. The number of halogens is 2. The molecule has 0 radical (unpaired) electrons. The molecule has 0 saturated heterocycles. The molecule has 0 spiro atoms. The van der Waals surface area contributed by atoms with Crippen molar-refractivity contribution < 1.29 is 9.50 Å². The molecule has 1 N–H and O–H groups in total. The highest BCUT2D eigenvalue weighted by Gasteiger charge is 2.22. The van der Waals surface area contributed by atoms with Crippen molar-refractivity contribution in [1.82, 2.24) is 0 Å². The van der Waals surface area contributed by atoms with Gasteiger partial charge >= 0.3 is 0 Å². The van der Waals surface area contributed by atoms with E-state index in [1.807, 2.05) is 6.07 Å². The number of aliphatic hydroxyl groups is 1. The summed E-state index contributed by atoms with van der Waals surface area (Å²) >= 11 is 3.21. The van der Waals surface area contributed by atoms with E-state index in [-0.39, 0.29) is 5.82 Å². The predicted molar refractivity (Wildman–Crippen MR) is 47.5 cm³/mol. The van der Waals surface area contributed by atoms with E-state index in [0.717, 1.165) is 10.0 Å². The summed E-state index contributed by atoms with van der Waals surface area (Å²) in [6, 6.07) is 3.31. The lowest BCUT2D eigenvalue weighted by Crippen LogP contribution is -2.03. The molecule has 1 aromatic carbocycles. The first kappa shape index (κ1) is 8.20. The Kier molecular flexibility index (Phi) is 1.93. The van der Waals surface area contributed by atoms with Gasteiger partial charge in [0, 0.05) is 10.9 Å². The second-order valence-electron chi connectivity index (χ2n) is 3.09. The number of rotatable bonds is 0. The highest BCUT2D eigenvalue weighted by Crippen LogP contribution is 2.28. The van der Waals surface area contributed by atoms with Crippen molar-refractivity contribution in [3.8, 4) is 0 Å². The van der Waals surface area contributed by atoms with Gasteiger partial charge in [-0.25, -0.2) is 4.39 Å². The first-order chi connectivity index (χ1) is 5.66. The summed E-state index contributed by atoms with van der Waals surface area (Å²) in [5.41, 5.74) is 1.60. The molecule has 0 amide bonds. The van der Waals surface area contributed by atoms with Gasteiger partial charge in [0.1, 0.15) is 5.82 Å². The Morgan fingerprint density at radius 2 is 2.17 bits per heavy atom. The minimum absolute atomic E-state index is 0.212. The lowest BCUT2D eigenvalue weighted by molar-refractivity contribution is 0.186. The first-order valence-corrected chi connectivity index (χ1v) is 4.61. The Bertz CT molecular complexity index is 325. The fourth-order valence-corrected chi connectivity index (χ4v) is 2.11. The summed E-state index contributed by atoms with van der Waals surface area (Å²) in [6.07, 6.45) is 0.629. The Balaban J connectivity index is 2.52. The van der Waals surface area contributed by atoms with Crippen molar-refractivity contribution in [2.75, 3.05) is 0 Å². The molecule has 12 heavy (non-hydrogen) atoms. The summed E-state index contributed by atoms with van der Waals surface area (Å²) in [5, 5.41) is 9.28. The molecule has 0 aliphatic heterocycles. The van der Waals surface area contributed by atoms with Gasteiger partial charge in [0.25, 0.3) is 0 Å². The van der Waals surface area contributed by atoms with Crippen LogP contribution in [0.4, 0.5) is 4.39 Å². The smallest absolute Gasteiger partial charge is 0.127 e. The van der Waals surface area contributed by atoms with Crippen molar-refractivity contribution >= 4 is 15.9 Å². The largest absolute Gasteiger partial charge is 0.392 e. The van der Waals surface area contributed by atoms with Crippen molar-refractivity contribution in [3.05, 3.63) is 33.5 Å². The fraction of sp³-hybridized carbons (Fsp3) is 0.333. The molecule has 1 nitrogen and oxygen atoms in total. The molecule has 1 unspecified atom stereocenters. The zero-order valence-corrected chi connectivity index (χ0v) is 7.94. The van der Waals surface area contributed by atoms with E-state index in [9.17, 15) is 9.50 Å². The number of fused-ring (bicyclic) bond motifs is 1. The van der Waals surface area contributed by atoms with Crippen LogP contribution in [0.2, 0.25) is 0 Å². The molecule has 64 valence electrons. The Morgan fingerprint density at radius 1 is 1.42 bits per heavy atom. The minimum atomic E-state index is -0.399. The van der Waals surface area contributed by atoms with Gasteiger partial charge in [0.15, 0.2) is 0 Å². The number of benzene rings is 1. The molecular formula is C9H8BrFO. The Labute approximate surface area is 78.3 Å². The van der Waals surface area contributed by atoms with Crippen LogP contribution in [0.15, 0.2) is 16.6 Å². The quantitative estimate of drug-likeness (QED) is 0.724. The molecule has 2 rings (SSSR count). The van der Waals surface area contributed by atoms with Crippen LogP contribution in [0.25, 0.3) is 0 Å². The number of hydrogen-bond acceptors (Lipinski definition) is 1. The van der Waals surface area contributed by atoms with E-state index < -0.39 is 6.10 Å². The van der Waals surface area contributed by atoms with Crippen molar-refractivity contribution in [3.63, 3.8) is 0 Å². The standard InChI is InChI=1S/C9H8BrFO/c10-6-1-5-2-7(12)4-8(5)9(11)3-6/h1,3,7,12H,2,4H2. The summed E-state index contributed by atoms with van der Waals surface area (Å²) in [4.78, 5) is 0. The van der Waals surface area contributed by atoms with Crippen molar-refractivity contribution in [2.45, 2.75) is 18.9 Å². The lowest BCUT2D eigenvalue weighted by Gasteiger charge is -2.00. The molecule has 3 heteroatoms. The topological polar surface area (TPSA) is 20.2 Å². The van der Waals surface area contributed by atoms with E-state index in [2.05, 4.69) is 15.9 Å². The summed E-state index contributed by atoms with van der Waals surface area (Å²) in [5.74, 6) is -0.212. The number of hydrogen-bond donors (Lipinski definition) is 1. The van der Waals surface area contributed by atoms with Crippen molar-refractivity contribution in [2.24, 2.45) is 0 Å². The maximum absolute atomic E-state index is 13.2. The van der Waals surface area contributed by atoms with E-state index in [1.54, 1.807) is 0 Å². The number of aliphatic hydroxyl groups excluding tert-OH is 1. The molecule has 0 saturated carbocycles. The Hall–Kier alpha value is -0.410. The second kappa shape index (κ2) is 2.82. The third-order valence-corrected chi connectivity index (χ3v) is 2.61. The van der Waals surface area contributed by atoms with Gasteiger partial charge in [0.05, 0.1) is 6.10 Å². The first-order valence-electron chi connectivity index (χ1n) is 3.81. The van der Waals surface area contributed by atoms with Crippen LogP contribution in [-0.4, -0.2) is 11.2 Å². The highest BCUT2D eigenvalue weighted by molar-refractivity contribution is 9.10. The van der Waals surface area contributed by atoms with Gasteiger partial charge in [0.2, 0.25) is 0 Å². The van der Waals surface area contributed by atoms with Gasteiger partial charge in [-0.05, 0) is 29.7 Å². The van der Waals surface area contributed by atoms with Crippen LogP contribution >= 0.6 is 15.9 Å². The average molecular weight is 231 g/mol. The zero-order valence-electron chi connectivity index (χ0n) is 6.35. The third-order valence-electron chi connectivity index (χ3n) is 2.15. The molecule has 1 aromatic rings. The van der Waals surface area contributed by atoms with Gasteiger partial charge in [-0.3, -0.25) is 0 Å².